The molecule has 0 fully saturated rings. The molecule has 0 aliphatic carbocycles. The van der Waals surface area contributed by atoms with E-state index in [1.807, 2.05) is 0 Å². The molecule has 0 saturated carbocycles. The van der Waals surface area contributed by atoms with Crippen LogP contribution in [0, 0.1) is 5.82 Å². The Morgan fingerprint density at radius 1 is 1.17 bits per heavy atom. The van der Waals surface area contributed by atoms with E-state index in [2.05, 4.69) is 5.32 Å². The highest BCUT2D eigenvalue weighted by Gasteiger charge is 2.08. The lowest BCUT2D eigenvalue weighted by molar-refractivity contribution is 0.201. The zero-order valence-corrected chi connectivity index (χ0v) is 13.4. The van der Waals surface area contributed by atoms with Gasteiger partial charge in [-0.25, -0.2) is 12.8 Å². The number of hydrogen-bond donors (Lipinski definition) is 2. The molecule has 7 heteroatoms. The maximum absolute atomic E-state index is 13.3. The summed E-state index contributed by atoms with van der Waals surface area (Å²) in [6.07, 6.45) is 1.16. The monoisotopic (exact) mass is 339 g/mol. The highest BCUT2D eigenvalue weighted by molar-refractivity contribution is 7.90. The molecule has 124 valence electrons. The molecule has 2 aromatic carbocycles. The number of halogens is 1. The van der Waals surface area contributed by atoms with Gasteiger partial charge in [-0.05, 0) is 29.8 Å². The summed E-state index contributed by atoms with van der Waals surface area (Å²) in [5.41, 5.74) is 1.46. The fourth-order valence-electron chi connectivity index (χ4n) is 1.97. The number of benzene rings is 2. The first-order valence-electron chi connectivity index (χ1n) is 6.96. The topological polar surface area (TPSA) is 75.6 Å². The Morgan fingerprint density at radius 3 is 2.48 bits per heavy atom. The highest BCUT2D eigenvalue weighted by atomic mass is 32.2. The molecule has 0 unspecified atom stereocenters. The summed E-state index contributed by atoms with van der Waals surface area (Å²) in [7, 11) is -3.21. The van der Waals surface area contributed by atoms with E-state index in [4.69, 9.17) is 9.84 Å². The molecule has 0 heterocycles. The van der Waals surface area contributed by atoms with Crippen molar-refractivity contribution in [2.75, 3.05) is 24.8 Å². The molecule has 23 heavy (non-hydrogen) atoms. The molecule has 2 aromatic rings. The summed E-state index contributed by atoms with van der Waals surface area (Å²) >= 11 is 0. The van der Waals surface area contributed by atoms with E-state index in [1.54, 1.807) is 30.3 Å². The first-order chi connectivity index (χ1) is 10.9. The maximum atomic E-state index is 13.3. The van der Waals surface area contributed by atoms with Gasteiger partial charge in [0, 0.05) is 18.9 Å². The summed E-state index contributed by atoms with van der Waals surface area (Å²) in [4.78, 5) is 0.259. The third kappa shape index (κ3) is 4.94. The molecule has 2 N–H and O–H groups in total. The van der Waals surface area contributed by atoms with E-state index >= 15 is 0 Å². The molecular formula is C16H18FNO4S. The van der Waals surface area contributed by atoms with Gasteiger partial charge >= 0.3 is 0 Å². The van der Waals surface area contributed by atoms with Gasteiger partial charge in [0.1, 0.15) is 18.2 Å². The van der Waals surface area contributed by atoms with Gasteiger partial charge < -0.3 is 15.2 Å². The minimum atomic E-state index is -3.21. The average molecular weight is 339 g/mol. The van der Waals surface area contributed by atoms with Crippen molar-refractivity contribution in [2.24, 2.45) is 0 Å². The standard InChI is InChI=1S/C16H18FNO4S/c1-23(20,21)14-5-2-12(3-6-14)11-18-15-7-4-13(17)10-16(15)22-9-8-19/h2-7,10,18-19H,8-9,11H2,1H3. The second kappa shape index (κ2) is 7.43. The van der Waals surface area contributed by atoms with Crippen LogP contribution < -0.4 is 10.1 Å². The Hall–Kier alpha value is -2.12. The molecule has 0 amide bonds. The number of ether oxygens (including phenoxy) is 1. The zero-order valence-electron chi connectivity index (χ0n) is 12.6. The van der Waals surface area contributed by atoms with Gasteiger partial charge in [-0.15, -0.1) is 0 Å². The van der Waals surface area contributed by atoms with Crippen LogP contribution >= 0.6 is 0 Å². The Morgan fingerprint density at radius 2 is 1.87 bits per heavy atom. The van der Waals surface area contributed by atoms with Crippen molar-refractivity contribution >= 4 is 15.5 Å². The van der Waals surface area contributed by atoms with Gasteiger partial charge in [0.2, 0.25) is 0 Å². The first kappa shape index (κ1) is 17.2. The summed E-state index contributed by atoms with van der Waals surface area (Å²) < 4.78 is 41.4. The first-order valence-corrected chi connectivity index (χ1v) is 8.85. The summed E-state index contributed by atoms with van der Waals surface area (Å²) in [5, 5.41) is 11.9. The van der Waals surface area contributed by atoms with Gasteiger partial charge in [-0.3, -0.25) is 0 Å². The Labute approximate surface area is 134 Å². The molecule has 0 aliphatic rings. The smallest absolute Gasteiger partial charge is 0.175 e. The normalized spacial score (nSPS) is 11.3. The Kier molecular flexibility index (Phi) is 5.57. The quantitative estimate of drug-likeness (QED) is 0.809. The van der Waals surface area contributed by atoms with Crippen molar-refractivity contribution in [1.82, 2.24) is 0 Å². The van der Waals surface area contributed by atoms with Crippen molar-refractivity contribution in [3.63, 3.8) is 0 Å². The van der Waals surface area contributed by atoms with Crippen molar-refractivity contribution in [3.05, 3.63) is 53.8 Å². The summed E-state index contributed by atoms with van der Waals surface area (Å²) in [5.74, 6) is -0.118. The highest BCUT2D eigenvalue weighted by Crippen LogP contribution is 2.26. The second-order valence-electron chi connectivity index (χ2n) is 4.98. The van der Waals surface area contributed by atoms with Gasteiger partial charge in [0.25, 0.3) is 0 Å². The van der Waals surface area contributed by atoms with Gasteiger partial charge in [-0.1, -0.05) is 12.1 Å². The van der Waals surface area contributed by atoms with Crippen LogP contribution in [-0.2, 0) is 16.4 Å². The minimum absolute atomic E-state index is 0.0706. The molecule has 0 bridgehead atoms. The number of rotatable bonds is 7. The van der Waals surface area contributed by atoms with Gasteiger partial charge in [0.05, 0.1) is 17.2 Å². The van der Waals surface area contributed by atoms with E-state index < -0.39 is 15.7 Å². The van der Waals surface area contributed by atoms with E-state index in [0.29, 0.717) is 18.0 Å². The molecule has 5 nitrogen and oxygen atoms in total. The van der Waals surface area contributed by atoms with E-state index in [-0.39, 0.29) is 18.1 Å². The minimum Gasteiger partial charge on any atom is -0.489 e. The Bertz CT molecular complexity index is 760. The molecule has 0 atom stereocenters. The molecule has 0 saturated heterocycles. The van der Waals surface area contributed by atoms with Crippen LogP contribution in [0.15, 0.2) is 47.4 Å². The van der Waals surface area contributed by atoms with Crippen molar-refractivity contribution in [3.8, 4) is 5.75 Å². The van der Waals surface area contributed by atoms with Crippen LogP contribution in [0.2, 0.25) is 0 Å². The van der Waals surface area contributed by atoms with Crippen LogP contribution in [0.3, 0.4) is 0 Å². The third-order valence-electron chi connectivity index (χ3n) is 3.13. The lowest BCUT2D eigenvalue weighted by Crippen LogP contribution is -2.06. The van der Waals surface area contributed by atoms with E-state index in [1.165, 1.54) is 12.1 Å². The fourth-order valence-corrected chi connectivity index (χ4v) is 2.60. The Balaban J connectivity index is 2.08. The lowest BCUT2D eigenvalue weighted by atomic mass is 10.2. The van der Waals surface area contributed by atoms with Gasteiger partial charge in [-0.2, -0.15) is 0 Å². The van der Waals surface area contributed by atoms with Crippen molar-refractivity contribution in [1.29, 1.82) is 0 Å². The van der Waals surface area contributed by atoms with Crippen molar-refractivity contribution < 1.29 is 22.7 Å². The number of sulfone groups is 1. The number of nitrogens with one attached hydrogen (secondary N) is 1. The fraction of sp³-hybridized carbons (Fsp3) is 0.250. The molecule has 0 aliphatic heterocycles. The molecule has 0 radical (unpaired) electrons. The SMILES string of the molecule is CS(=O)(=O)c1ccc(CNc2ccc(F)cc2OCCO)cc1. The van der Waals surface area contributed by atoms with Crippen LogP contribution in [0.5, 0.6) is 5.75 Å². The van der Waals surface area contributed by atoms with Crippen LogP contribution in [0.25, 0.3) is 0 Å². The predicted octanol–water partition coefficient (Wildman–Crippen LogP) is 2.21. The molecule has 0 aromatic heterocycles. The largest absolute Gasteiger partial charge is 0.489 e. The summed E-state index contributed by atoms with van der Waals surface area (Å²) in [6, 6.07) is 10.6. The zero-order chi connectivity index (χ0) is 16.9. The van der Waals surface area contributed by atoms with E-state index in [0.717, 1.165) is 11.8 Å². The maximum Gasteiger partial charge on any atom is 0.175 e. The third-order valence-corrected chi connectivity index (χ3v) is 4.26. The van der Waals surface area contributed by atoms with Crippen molar-refractivity contribution in [2.45, 2.75) is 11.4 Å². The summed E-state index contributed by atoms with van der Waals surface area (Å²) in [6.45, 7) is 0.329. The van der Waals surface area contributed by atoms with Crippen LogP contribution in [0.4, 0.5) is 10.1 Å². The van der Waals surface area contributed by atoms with Gasteiger partial charge in [0.15, 0.2) is 9.84 Å². The number of aliphatic hydroxyl groups is 1. The van der Waals surface area contributed by atoms with Crippen LogP contribution in [0.1, 0.15) is 5.56 Å². The number of hydrogen-bond acceptors (Lipinski definition) is 5. The van der Waals surface area contributed by atoms with E-state index in [9.17, 15) is 12.8 Å². The number of anilines is 1. The predicted molar refractivity (Wildman–Crippen MR) is 85.9 cm³/mol. The van der Waals surface area contributed by atoms with Crippen LogP contribution in [-0.4, -0.2) is 33.0 Å². The molecule has 0 spiro atoms. The lowest BCUT2D eigenvalue weighted by Gasteiger charge is -2.13. The molecule has 2 rings (SSSR count). The molecular weight excluding hydrogens is 321 g/mol. The second-order valence-corrected chi connectivity index (χ2v) is 7.00. The number of aliphatic hydroxyl groups excluding tert-OH is 1. The average Bonchev–Trinajstić information content (AvgIpc) is 2.51.